The van der Waals surface area contributed by atoms with Crippen LogP contribution >= 0.6 is 0 Å². The van der Waals surface area contributed by atoms with Gasteiger partial charge in [0.05, 0.1) is 20.8 Å². The number of benzene rings is 1. The molecule has 0 spiro atoms. The van der Waals surface area contributed by atoms with Gasteiger partial charge in [0.25, 0.3) is 0 Å². The van der Waals surface area contributed by atoms with E-state index in [9.17, 15) is 4.79 Å². The van der Waals surface area contributed by atoms with E-state index in [2.05, 4.69) is 25.3 Å². The molecule has 1 N–H and O–H groups in total. The van der Waals surface area contributed by atoms with Crippen molar-refractivity contribution in [1.82, 2.24) is 25.3 Å². The van der Waals surface area contributed by atoms with E-state index >= 15 is 0 Å². The normalized spacial score (nSPS) is 15.4. The first-order valence-electron chi connectivity index (χ1n) is 10.2. The van der Waals surface area contributed by atoms with Crippen LogP contribution in [0.3, 0.4) is 0 Å². The average Bonchev–Trinajstić information content (AvgIpc) is 3.21. The summed E-state index contributed by atoms with van der Waals surface area (Å²) in [7, 11) is 7.19. The van der Waals surface area contributed by atoms with Crippen LogP contribution in [-0.2, 0) is 11.3 Å². The Balaban J connectivity index is 1.51. The number of rotatable bonds is 9. The van der Waals surface area contributed by atoms with Gasteiger partial charge in [0.2, 0.25) is 17.6 Å². The Labute approximate surface area is 177 Å². The highest BCUT2D eigenvalue weighted by Crippen LogP contribution is 2.31. The third-order valence-corrected chi connectivity index (χ3v) is 5.29. The number of nitrogens with one attached hydrogen (secondary N) is 1. The second-order valence-corrected chi connectivity index (χ2v) is 7.73. The van der Waals surface area contributed by atoms with Gasteiger partial charge in [-0.25, -0.2) is 0 Å². The summed E-state index contributed by atoms with van der Waals surface area (Å²) in [6, 6.07) is 5.52. The molecule has 2 aromatic rings. The summed E-state index contributed by atoms with van der Waals surface area (Å²) in [6.07, 6.45) is 1.68. The highest BCUT2D eigenvalue weighted by Gasteiger charge is 2.26. The molecule has 0 atom stereocenters. The summed E-state index contributed by atoms with van der Waals surface area (Å²) < 4.78 is 16.0. The maximum absolute atomic E-state index is 12.3. The van der Waals surface area contributed by atoms with Crippen LogP contribution < -0.4 is 14.8 Å². The summed E-state index contributed by atoms with van der Waals surface area (Å²) >= 11 is 0. The van der Waals surface area contributed by atoms with Gasteiger partial charge in [-0.3, -0.25) is 9.69 Å². The molecule has 3 rings (SSSR count). The number of piperidine rings is 1. The van der Waals surface area contributed by atoms with E-state index < -0.39 is 0 Å². The van der Waals surface area contributed by atoms with Crippen molar-refractivity contribution in [3.63, 3.8) is 0 Å². The summed E-state index contributed by atoms with van der Waals surface area (Å²) in [5.41, 5.74) is 0.802. The molecule has 0 bridgehead atoms. The van der Waals surface area contributed by atoms with Gasteiger partial charge in [-0.2, -0.15) is 4.98 Å². The molecule has 1 amide bonds. The lowest BCUT2D eigenvalue weighted by molar-refractivity contribution is -0.126. The fraction of sp³-hybridized carbons (Fsp3) is 0.571. The Kier molecular flexibility index (Phi) is 7.64. The number of carbonyl (C=O) groups is 1. The van der Waals surface area contributed by atoms with E-state index in [1.54, 1.807) is 14.2 Å². The van der Waals surface area contributed by atoms with E-state index in [0.717, 1.165) is 38.0 Å². The van der Waals surface area contributed by atoms with Gasteiger partial charge in [-0.1, -0.05) is 5.16 Å². The fourth-order valence-electron chi connectivity index (χ4n) is 3.50. The van der Waals surface area contributed by atoms with Crippen LogP contribution in [0.1, 0.15) is 18.7 Å². The second kappa shape index (κ2) is 10.4. The molecule has 1 saturated heterocycles. The molecule has 1 aliphatic rings. The summed E-state index contributed by atoms with van der Waals surface area (Å²) in [4.78, 5) is 21.1. The maximum atomic E-state index is 12.3. The van der Waals surface area contributed by atoms with Crippen molar-refractivity contribution in [2.75, 3.05) is 54.5 Å². The van der Waals surface area contributed by atoms with Crippen molar-refractivity contribution in [2.24, 2.45) is 5.92 Å². The largest absolute Gasteiger partial charge is 0.493 e. The molecule has 1 fully saturated rings. The van der Waals surface area contributed by atoms with Crippen LogP contribution in [0, 0.1) is 5.92 Å². The second-order valence-electron chi connectivity index (χ2n) is 7.73. The predicted octanol–water partition coefficient (Wildman–Crippen LogP) is 1.64. The zero-order valence-corrected chi connectivity index (χ0v) is 18.2. The highest BCUT2D eigenvalue weighted by atomic mass is 16.5. The van der Waals surface area contributed by atoms with Crippen molar-refractivity contribution in [1.29, 1.82) is 0 Å². The number of hydrogen-bond acceptors (Lipinski definition) is 8. The van der Waals surface area contributed by atoms with Gasteiger partial charge >= 0.3 is 0 Å². The lowest BCUT2D eigenvalue weighted by atomic mass is 9.96. The van der Waals surface area contributed by atoms with E-state index in [0.29, 0.717) is 36.3 Å². The van der Waals surface area contributed by atoms with Gasteiger partial charge in [0.15, 0.2) is 11.5 Å². The molecule has 0 saturated carbocycles. The van der Waals surface area contributed by atoms with E-state index in [4.69, 9.17) is 14.0 Å². The van der Waals surface area contributed by atoms with Crippen LogP contribution in [0.15, 0.2) is 22.7 Å². The van der Waals surface area contributed by atoms with Gasteiger partial charge in [-0.15, -0.1) is 0 Å². The van der Waals surface area contributed by atoms with Crippen molar-refractivity contribution < 1.29 is 18.8 Å². The van der Waals surface area contributed by atoms with Gasteiger partial charge in [0, 0.05) is 24.6 Å². The van der Waals surface area contributed by atoms with Crippen molar-refractivity contribution in [3.05, 3.63) is 24.1 Å². The third-order valence-electron chi connectivity index (χ3n) is 5.29. The zero-order chi connectivity index (χ0) is 21.5. The molecule has 0 aliphatic carbocycles. The summed E-state index contributed by atoms with van der Waals surface area (Å²) in [5.74, 6) is 2.58. The minimum absolute atomic E-state index is 0.0772. The Hall–Kier alpha value is -2.65. The van der Waals surface area contributed by atoms with Crippen molar-refractivity contribution >= 4 is 5.91 Å². The molecular formula is C21H31N5O4. The molecule has 1 aromatic heterocycles. The maximum Gasteiger partial charge on any atom is 0.241 e. The molecule has 9 heteroatoms. The number of likely N-dealkylation sites (N-methyl/N-ethyl adjacent to an activating group) is 1. The molecule has 2 heterocycles. The molecule has 9 nitrogen and oxygen atoms in total. The molecule has 0 radical (unpaired) electrons. The number of methoxy groups -OCH3 is 2. The van der Waals surface area contributed by atoms with Crippen LogP contribution in [0.2, 0.25) is 0 Å². The smallest absolute Gasteiger partial charge is 0.241 e. The topological polar surface area (TPSA) is 93.0 Å². The van der Waals surface area contributed by atoms with Gasteiger partial charge in [0.1, 0.15) is 0 Å². The average molecular weight is 418 g/mol. The monoisotopic (exact) mass is 417 g/mol. The number of likely N-dealkylation sites (tertiary alicyclic amines) is 1. The van der Waals surface area contributed by atoms with E-state index in [1.807, 2.05) is 32.3 Å². The molecule has 0 unspecified atom stereocenters. The first-order valence-corrected chi connectivity index (χ1v) is 10.2. The van der Waals surface area contributed by atoms with Gasteiger partial charge in [-0.05, 0) is 58.2 Å². The Morgan fingerprint density at radius 1 is 1.23 bits per heavy atom. The summed E-state index contributed by atoms with van der Waals surface area (Å²) in [5, 5.41) is 7.12. The number of amides is 1. The third kappa shape index (κ3) is 5.70. The fourth-order valence-corrected chi connectivity index (χ4v) is 3.50. The van der Waals surface area contributed by atoms with Gasteiger partial charge < -0.3 is 24.2 Å². The Morgan fingerprint density at radius 3 is 2.63 bits per heavy atom. The van der Waals surface area contributed by atoms with Crippen molar-refractivity contribution in [3.8, 4) is 22.9 Å². The number of nitrogens with zero attached hydrogens (tertiary/aromatic N) is 4. The lowest BCUT2D eigenvalue weighted by Crippen LogP contribution is -2.41. The first-order chi connectivity index (χ1) is 14.5. The van der Waals surface area contributed by atoms with Crippen LogP contribution in [0.25, 0.3) is 11.4 Å². The number of carbonyl (C=O) groups excluding carboxylic acids is 1. The van der Waals surface area contributed by atoms with Crippen molar-refractivity contribution in [2.45, 2.75) is 19.4 Å². The number of ether oxygens (including phenoxy) is 2. The Morgan fingerprint density at radius 2 is 1.97 bits per heavy atom. The Bertz CT molecular complexity index is 831. The summed E-state index contributed by atoms with van der Waals surface area (Å²) in [6.45, 7) is 3.78. The van der Waals surface area contributed by atoms with Crippen LogP contribution in [0.5, 0.6) is 11.5 Å². The minimum atomic E-state index is 0.0772. The van der Waals surface area contributed by atoms with Crippen LogP contribution in [-0.4, -0.2) is 80.3 Å². The highest BCUT2D eigenvalue weighted by molar-refractivity contribution is 5.78. The lowest BCUT2D eigenvalue weighted by Gasteiger charge is -2.30. The van der Waals surface area contributed by atoms with E-state index in [-0.39, 0.29) is 11.8 Å². The molecular weight excluding hydrogens is 386 g/mol. The SMILES string of the molecule is COc1ccc(-c2noc(CN3CCC(C(=O)NCCN(C)C)CC3)n2)cc1OC. The van der Waals surface area contributed by atoms with Crippen LogP contribution in [0.4, 0.5) is 0 Å². The molecule has 30 heavy (non-hydrogen) atoms. The standard InChI is InChI=1S/C21H31N5O4/c1-25(2)12-9-22-21(27)15-7-10-26(11-8-15)14-19-23-20(24-30-19)16-5-6-17(28-3)18(13-16)29-4/h5-6,13,15H,7-12,14H2,1-4H3,(H,22,27). The molecule has 1 aromatic carbocycles. The quantitative estimate of drug-likeness (QED) is 0.658. The predicted molar refractivity (Wildman–Crippen MR) is 112 cm³/mol. The number of aromatic nitrogens is 2. The van der Waals surface area contributed by atoms with E-state index in [1.165, 1.54) is 0 Å². The number of hydrogen-bond donors (Lipinski definition) is 1. The molecule has 1 aliphatic heterocycles. The zero-order valence-electron chi connectivity index (χ0n) is 18.2. The first kappa shape index (κ1) is 22.0. The molecule has 164 valence electrons. The minimum Gasteiger partial charge on any atom is -0.493 e.